The van der Waals surface area contributed by atoms with E-state index >= 15 is 0 Å². The number of hydrogen-bond acceptors (Lipinski definition) is 7. The van der Waals surface area contributed by atoms with E-state index in [9.17, 15) is 0 Å². The second-order valence-corrected chi connectivity index (χ2v) is 3.67. The summed E-state index contributed by atoms with van der Waals surface area (Å²) in [7, 11) is 1.52. The molecule has 94 valence electrons. The summed E-state index contributed by atoms with van der Waals surface area (Å²) in [6.45, 7) is 1.91. The Hall–Kier alpha value is -2.12. The van der Waals surface area contributed by atoms with Gasteiger partial charge in [0, 0.05) is 24.8 Å². The van der Waals surface area contributed by atoms with Crippen molar-refractivity contribution >= 4 is 0 Å². The van der Waals surface area contributed by atoms with Crippen LogP contribution in [0.15, 0.2) is 24.8 Å². The molecule has 2 heterocycles. The van der Waals surface area contributed by atoms with Crippen LogP contribution in [0.2, 0.25) is 0 Å². The molecule has 0 bridgehead atoms. The van der Waals surface area contributed by atoms with Gasteiger partial charge in [-0.05, 0) is 12.5 Å². The van der Waals surface area contributed by atoms with Crippen LogP contribution in [0.3, 0.4) is 0 Å². The standard InChI is InChI=1S/C11H14N6O/c1-7-5-15-10(16-6-7)8(17-12)9-11(18-2)14-4-3-13-9/h3-6,8,17H,12H2,1-2H3. The van der Waals surface area contributed by atoms with Gasteiger partial charge in [0.25, 0.3) is 0 Å². The largest absolute Gasteiger partial charge is 0.480 e. The second kappa shape index (κ2) is 5.48. The van der Waals surface area contributed by atoms with Crippen LogP contribution in [-0.2, 0) is 0 Å². The molecule has 0 aliphatic heterocycles. The fraction of sp³-hybridized carbons (Fsp3) is 0.273. The Bertz CT molecular complexity index is 515. The first-order valence-electron chi connectivity index (χ1n) is 5.35. The maximum absolute atomic E-state index is 5.55. The lowest BCUT2D eigenvalue weighted by Crippen LogP contribution is -2.31. The fourth-order valence-corrected chi connectivity index (χ4v) is 1.52. The lowest BCUT2D eigenvalue weighted by Gasteiger charge is -2.15. The molecular weight excluding hydrogens is 232 g/mol. The lowest BCUT2D eigenvalue weighted by molar-refractivity contribution is 0.381. The zero-order valence-corrected chi connectivity index (χ0v) is 10.2. The van der Waals surface area contributed by atoms with Crippen molar-refractivity contribution in [1.29, 1.82) is 0 Å². The molecule has 7 heteroatoms. The second-order valence-electron chi connectivity index (χ2n) is 3.67. The van der Waals surface area contributed by atoms with Crippen LogP contribution < -0.4 is 16.0 Å². The van der Waals surface area contributed by atoms with Crippen molar-refractivity contribution < 1.29 is 4.74 Å². The summed E-state index contributed by atoms with van der Waals surface area (Å²) in [5.41, 5.74) is 4.14. The van der Waals surface area contributed by atoms with E-state index in [0.29, 0.717) is 17.4 Å². The van der Waals surface area contributed by atoms with Crippen LogP contribution in [0.4, 0.5) is 0 Å². The number of aryl methyl sites for hydroxylation is 1. The molecule has 0 saturated heterocycles. The number of nitrogens with zero attached hydrogens (tertiary/aromatic N) is 4. The Morgan fingerprint density at radius 1 is 1.17 bits per heavy atom. The van der Waals surface area contributed by atoms with Crippen LogP contribution in [0.25, 0.3) is 0 Å². The molecule has 3 N–H and O–H groups in total. The highest BCUT2D eigenvalue weighted by atomic mass is 16.5. The average Bonchev–Trinajstić information content (AvgIpc) is 2.42. The highest BCUT2D eigenvalue weighted by molar-refractivity contribution is 5.26. The Balaban J connectivity index is 2.41. The minimum atomic E-state index is -0.464. The third-order valence-corrected chi connectivity index (χ3v) is 2.38. The van der Waals surface area contributed by atoms with E-state index < -0.39 is 6.04 Å². The number of hydrazine groups is 1. The molecular formula is C11H14N6O. The molecule has 1 unspecified atom stereocenters. The number of rotatable bonds is 4. The first-order chi connectivity index (χ1) is 8.76. The number of aromatic nitrogens is 4. The van der Waals surface area contributed by atoms with Crippen molar-refractivity contribution in [3.05, 3.63) is 41.9 Å². The topological polar surface area (TPSA) is 98.8 Å². The Labute approximate surface area is 104 Å². The van der Waals surface area contributed by atoms with Crippen LogP contribution in [0, 0.1) is 6.92 Å². The van der Waals surface area contributed by atoms with E-state index in [2.05, 4.69) is 25.4 Å². The molecule has 18 heavy (non-hydrogen) atoms. The van der Waals surface area contributed by atoms with Gasteiger partial charge < -0.3 is 4.74 Å². The highest BCUT2D eigenvalue weighted by Crippen LogP contribution is 2.22. The van der Waals surface area contributed by atoms with Crippen LogP contribution >= 0.6 is 0 Å². The molecule has 0 amide bonds. The van der Waals surface area contributed by atoms with Gasteiger partial charge in [-0.15, -0.1) is 0 Å². The molecule has 0 aliphatic rings. The summed E-state index contributed by atoms with van der Waals surface area (Å²) in [4.78, 5) is 16.7. The first kappa shape index (κ1) is 12.3. The van der Waals surface area contributed by atoms with Gasteiger partial charge in [-0.3, -0.25) is 10.8 Å². The monoisotopic (exact) mass is 246 g/mol. The van der Waals surface area contributed by atoms with E-state index in [0.717, 1.165) is 5.56 Å². The maximum atomic E-state index is 5.55. The molecule has 2 aromatic heterocycles. The van der Waals surface area contributed by atoms with Gasteiger partial charge in [-0.1, -0.05) is 0 Å². The zero-order valence-electron chi connectivity index (χ0n) is 10.2. The Kier molecular flexibility index (Phi) is 3.75. The van der Waals surface area contributed by atoms with E-state index in [-0.39, 0.29) is 0 Å². The van der Waals surface area contributed by atoms with Crippen LogP contribution in [0.1, 0.15) is 23.1 Å². The summed E-state index contributed by atoms with van der Waals surface area (Å²) >= 11 is 0. The number of methoxy groups -OCH3 is 1. The van der Waals surface area contributed by atoms with Gasteiger partial charge in [0.2, 0.25) is 5.88 Å². The summed E-state index contributed by atoms with van der Waals surface area (Å²) in [5.74, 6) is 6.45. The summed E-state index contributed by atoms with van der Waals surface area (Å²) in [6.07, 6.45) is 6.55. The summed E-state index contributed by atoms with van der Waals surface area (Å²) in [6, 6.07) is -0.464. The smallest absolute Gasteiger partial charge is 0.237 e. The highest BCUT2D eigenvalue weighted by Gasteiger charge is 2.21. The van der Waals surface area contributed by atoms with Gasteiger partial charge in [-0.2, -0.15) is 0 Å². The molecule has 0 aliphatic carbocycles. The average molecular weight is 246 g/mol. The summed E-state index contributed by atoms with van der Waals surface area (Å²) in [5, 5.41) is 0. The fourth-order valence-electron chi connectivity index (χ4n) is 1.52. The molecule has 0 fully saturated rings. The molecule has 1 atom stereocenters. The van der Waals surface area contributed by atoms with Gasteiger partial charge in [0.1, 0.15) is 11.7 Å². The SMILES string of the molecule is COc1nccnc1C(NN)c1ncc(C)cn1. The Morgan fingerprint density at radius 3 is 2.44 bits per heavy atom. The molecule has 0 spiro atoms. The van der Waals surface area contributed by atoms with Crippen molar-refractivity contribution in [1.82, 2.24) is 25.4 Å². The van der Waals surface area contributed by atoms with E-state index in [4.69, 9.17) is 10.6 Å². The lowest BCUT2D eigenvalue weighted by atomic mass is 10.2. The van der Waals surface area contributed by atoms with Crippen molar-refractivity contribution in [2.24, 2.45) is 5.84 Å². The van der Waals surface area contributed by atoms with Crippen LogP contribution in [0.5, 0.6) is 5.88 Å². The van der Waals surface area contributed by atoms with Gasteiger partial charge in [0.05, 0.1) is 7.11 Å². The van der Waals surface area contributed by atoms with E-state index in [1.54, 1.807) is 24.8 Å². The zero-order chi connectivity index (χ0) is 13.0. The molecule has 2 aromatic rings. The first-order valence-corrected chi connectivity index (χ1v) is 5.35. The van der Waals surface area contributed by atoms with Crippen molar-refractivity contribution in [3.63, 3.8) is 0 Å². The van der Waals surface area contributed by atoms with E-state index in [1.807, 2.05) is 6.92 Å². The maximum Gasteiger partial charge on any atom is 0.237 e. The molecule has 7 nitrogen and oxygen atoms in total. The normalized spacial score (nSPS) is 12.2. The van der Waals surface area contributed by atoms with Gasteiger partial charge in [-0.25, -0.2) is 20.4 Å². The third kappa shape index (κ3) is 2.41. The molecule has 0 saturated carbocycles. The number of hydrogen-bond donors (Lipinski definition) is 2. The number of nitrogens with two attached hydrogens (primary N) is 1. The number of ether oxygens (including phenoxy) is 1. The minimum absolute atomic E-state index is 0.393. The molecule has 2 rings (SSSR count). The quantitative estimate of drug-likeness (QED) is 0.584. The van der Waals surface area contributed by atoms with E-state index in [1.165, 1.54) is 7.11 Å². The molecule has 0 aromatic carbocycles. The van der Waals surface area contributed by atoms with Crippen LogP contribution in [-0.4, -0.2) is 27.0 Å². The van der Waals surface area contributed by atoms with Crippen molar-refractivity contribution in [3.8, 4) is 5.88 Å². The third-order valence-electron chi connectivity index (χ3n) is 2.38. The number of nitrogens with one attached hydrogen (secondary N) is 1. The van der Waals surface area contributed by atoms with Gasteiger partial charge in [0.15, 0.2) is 5.82 Å². The van der Waals surface area contributed by atoms with Gasteiger partial charge >= 0.3 is 0 Å². The van der Waals surface area contributed by atoms with Crippen molar-refractivity contribution in [2.45, 2.75) is 13.0 Å². The minimum Gasteiger partial charge on any atom is -0.480 e. The predicted molar refractivity (Wildman–Crippen MR) is 64.5 cm³/mol. The predicted octanol–water partition coefficient (Wildman–Crippen LogP) is 0.136. The van der Waals surface area contributed by atoms with Crippen molar-refractivity contribution in [2.75, 3.05) is 7.11 Å². The Morgan fingerprint density at radius 2 is 1.83 bits per heavy atom. The summed E-state index contributed by atoms with van der Waals surface area (Å²) < 4.78 is 5.15. The molecule has 0 radical (unpaired) electrons.